The lowest BCUT2D eigenvalue weighted by Gasteiger charge is -2.04. The average Bonchev–Trinajstić information content (AvgIpc) is 2.15. The van der Waals surface area contributed by atoms with E-state index < -0.39 is 10.0 Å². The van der Waals surface area contributed by atoms with Crippen LogP contribution in [-0.4, -0.2) is 26.6 Å². The van der Waals surface area contributed by atoms with E-state index in [9.17, 15) is 13.2 Å². The maximum atomic E-state index is 11.5. The summed E-state index contributed by atoms with van der Waals surface area (Å²) >= 11 is 0. The first-order valence-electron chi connectivity index (χ1n) is 4.53. The molecule has 0 aliphatic carbocycles. The standard InChI is InChI=1S/C9H13N3O3S/c10-8-3-1-2-7(6-8)9(13)12-4-5-16(11,14)15/h1-3,6H,4-5,10H2,(H,12,13)(H2,11,14,15). The Labute approximate surface area is 93.7 Å². The lowest BCUT2D eigenvalue weighted by atomic mass is 10.2. The summed E-state index contributed by atoms with van der Waals surface area (Å²) < 4.78 is 21.2. The van der Waals surface area contributed by atoms with Crippen molar-refractivity contribution in [2.45, 2.75) is 0 Å². The van der Waals surface area contributed by atoms with E-state index in [1.54, 1.807) is 18.2 Å². The predicted molar refractivity (Wildman–Crippen MR) is 61.2 cm³/mol. The molecule has 5 N–H and O–H groups in total. The molecule has 1 aromatic carbocycles. The molecule has 6 nitrogen and oxygen atoms in total. The number of nitrogens with two attached hydrogens (primary N) is 2. The van der Waals surface area contributed by atoms with E-state index in [0.29, 0.717) is 11.3 Å². The Morgan fingerprint density at radius 1 is 1.38 bits per heavy atom. The van der Waals surface area contributed by atoms with Crippen LogP contribution in [0.15, 0.2) is 24.3 Å². The van der Waals surface area contributed by atoms with Gasteiger partial charge in [-0.2, -0.15) is 0 Å². The van der Waals surface area contributed by atoms with E-state index in [1.807, 2.05) is 0 Å². The maximum Gasteiger partial charge on any atom is 0.251 e. The van der Waals surface area contributed by atoms with Crippen LogP contribution in [-0.2, 0) is 10.0 Å². The number of benzene rings is 1. The normalized spacial score (nSPS) is 11.1. The number of amides is 1. The van der Waals surface area contributed by atoms with Crippen molar-refractivity contribution in [1.29, 1.82) is 0 Å². The molecule has 0 saturated carbocycles. The minimum absolute atomic E-state index is 0.0214. The summed E-state index contributed by atoms with van der Waals surface area (Å²) in [4.78, 5) is 11.5. The summed E-state index contributed by atoms with van der Waals surface area (Å²) in [5.74, 6) is -0.669. The molecule has 0 heterocycles. The van der Waals surface area contributed by atoms with Crippen LogP contribution < -0.4 is 16.2 Å². The molecule has 7 heteroatoms. The zero-order valence-corrected chi connectivity index (χ0v) is 9.33. The number of anilines is 1. The van der Waals surface area contributed by atoms with Crippen molar-refractivity contribution < 1.29 is 13.2 Å². The Kier molecular flexibility index (Phi) is 3.86. The third-order valence-electron chi connectivity index (χ3n) is 1.82. The number of hydrogen-bond donors (Lipinski definition) is 3. The molecule has 0 bridgehead atoms. The van der Waals surface area contributed by atoms with Gasteiger partial charge in [0.25, 0.3) is 5.91 Å². The van der Waals surface area contributed by atoms with Crippen molar-refractivity contribution in [3.8, 4) is 0 Å². The van der Waals surface area contributed by atoms with Gasteiger partial charge in [0.05, 0.1) is 5.75 Å². The molecule has 0 spiro atoms. The summed E-state index contributed by atoms with van der Waals surface area (Å²) in [7, 11) is -3.55. The number of sulfonamides is 1. The van der Waals surface area contributed by atoms with Gasteiger partial charge >= 0.3 is 0 Å². The van der Waals surface area contributed by atoms with E-state index in [4.69, 9.17) is 10.9 Å². The molecule has 0 fully saturated rings. The summed E-state index contributed by atoms with van der Waals surface area (Å²) in [6, 6.07) is 6.39. The Bertz CT molecular complexity index is 485. The molecule has 0 saturated heterocycles. The fourth-order valence-corrected chi connectivity index (χ4v) is 1.48. The molecular weight excluding hydrogens is 230 g/mol. The minimum atomic E-state index is -3.55. The van der Waals surface area contributed by atoms with Crippen molar-refractivity contribution in [3.05, 3.63) is 29.8 Å². The highest BCUT2D eigenvalue weighted by Gasteiger charge is 2.07. The van der Waals surface area contributed by atoms with Gasteiger partial charge in [-0.25, -0.2) is 13.6 Å². The molecule has 0 unspecified atom stereocenters. The van der Waals surface area contributed by atoms with Crippen molar-refractivity contribution in [3.63, 3.8) is 0 Å². The van der Waals surface area contributed by atoms with Crippen LogP contribution >= 0.6 is 0 Å². The number of carbonyl (C=O) groups excluding carboxylic acids is 1. The molecule has 0 radical (unpaired) electrons. The first-order chi connectivity index (χ1) is 7.38. The van der Waals surface area contributed by atoms with Gasteiger partial charge in [0, 0.05) is 17.8 Å². The molecule has 0 aromatic heterocycles. The lowest BCUT2D eigenvalue weighted by Crippen LogP contribution is -2.31. The van der Waals surface area contributed by atoms with E-state index in [2.05, 4.69) is 5.32 Å². The van der Waals surface area contributed by atoms with Crippen LogP contribution in [0.3, 0.4) is 0 Å². The van der Waals surface area contributed by atoms with Crippen LogP contribution in [0.4, 0.5) is 5.69 Å². The Morgan fingerprint density at radius 3 is 2.62 bits per heavy atom. The topological polar surface area (TPSA) is 115 Å². The summed E-state index contributed by atoms with van der Waals surface area (Å²) in [5.41, 5.74) is 6.35. The summed E-state index contributed by atoms with van der Waals surface area (Å²) in [5, 5.41) is 7.21. The lowest BCUT2D eigenvalue weighted by molar-refractivity contribution is 0.0956. The fraction of sp³-hybridized carbons (Fsp3) is 0.222. The maximum absolute atomic E-state index is 11.5. The van der Waals surface area contributed by atoms with Gasteiger partial charge in [0.2, 0.25) is 10.0 Å². The highest BCUT2D eigenvalue weighted by atomic mass is 32.2. The van der Waals surface area contributed by atoms with Gasteiger partial charge in [-0.1, -0.05) is 6.07 Å². The molecule has 0 atom stereocenters. The van der Waals surface area contributed by atoms with E-state index in [-0.39, 0.29) is 18.2 Å². The SMILES string of the molecule is Nc1cccc(C(=O)NCCS(N)(=O)=O)c1. The van der Waals surface area contributed by atoms with Crippen LogP contribution in [0.2, 0.25) is 0 Å². The first kappa shape index (κ1) is 12.5. The number of hydrogen-bond acceptors (Lipinski definition) is 4. The van der Waals surface area contributed by atoms with Gasteiger partial charge in [-0.05, 0) is 18.2 Å². The molecular formula is C9H13N3O3S. The van der Waals surface area contributed by atoms with Crippen LogP contribution in [0, 0.1) is 0 Å². The summed E-state index contributed by atoms with van der Waals surface area (Å²) in [6.45, 7) is -0.0214. The minimum Gasteiger partial charge on any atom is -0.399 e. The second-order valence-corrected chi connectivity index (χ2v) is 4.98. The highest BCUT2D eigenvalue weighted by Crippen LogP contribution is 2.05. The van der Waals surface area contributed by atoms with Crippen LogP contribution in [0.5, 0.6) is 0 Å². The van der Waals surface area contributed by atoms with Gasteiger partial charge in [0.15, 0.2) is 0 Å². The Morgan fingerprint density at radius 2 is 2.06 bits per heavy atom. The van der Waals surface area contributed by atoms with Crippen molar-refractivity contribution in [1.82, 2.24) is 5.32 Å². The molecule has 0 aliphatic heterocycles. The Balaban J connectivity index is 2.54. The third kappa shape index (κ3) is 4.28. The van der Waals surface area contributed by atoms with E-state index in [0.717, 1.165) is 0 Å². The second-order valence-electron chi connectivity index (χ2n) is 3.25. The van der Waals surface area contributed by atoms with Gasteiger partial charge in [0.1, 0.15) is 0 Å². The van der Waals surface area contributed by atoms with Crippen molar-refractivity contribution in [2.75, 3.05) is 18.0 Å². The first-order valence-corrected chi connectivity index (χ1v) is 6.24. The van der Waals surface area contributed by atoms with E-state index >= 15 is 0 Å². The molecule has 1 aromatic rings. The van der Waals surface area contributed by atoms with Crippen molar-refractivity contribution in [2.24, 2.45) is 5.14 Å². The van der Waals surface area contributed by atoms with Gasteiger partial charge < -0.3 is 11.1 Å². The monoisotopic (exact) mass is 243 g/mol. The number of rotatable bonds is 4. The molecule has 1 amide bonds. The van der Waals surface area contributed by atoms with Gasteiger partial charge in [-0.3, -0.25) is 4.79 Å². The summed E-state index contributed by atoms with van der Waals surface area (Å²) in [6.07, 6.45) is 0. The molecule has 0 aliphatic rings. The van der Waals surface area contributed by atoms with Crippen molar-refractivity contribution >= 4 is 21.6 Å². The quantitative estimate of drug-likeness (QED) is 0.605. The molecule has 16 heavy (non-hydrogen) atoms. The highest BCUT2D eigenvalue weighted by molar-refractivity contribution is 7.89. The fourth-order valence-electron chi connectivity index (χ4n) is 1.09. The molecule has 1 rings (SSSR count). The largest absolute Gasteiger partial charge is 0.399 e. The zero-order valence-electron chi connectivity index (χ0n) is 8.51. The molecule has 88 valence electrons. The zero-order chi connectivity index (χ0) is 12.2. The third-order valence-corrected chi connectivity index (χ3v) is 2.59. The number of nitrogen functional groups attached to an aromatic ring is 1. The second kappa shape index (κ2) is 4.95. The number of nitrogens with one attached hydrogen (secondary N) is 1. The van der Waals surface area contributed by atoms with Gasteiger partial charge in [-0.15, -0.1) is 0 Å². The smallest absolute Gasteiger partial charge is 0.251 e. The average molecular weight is 243 g/mol. The number of carbonyl (C=O) groups is 1. The Hall–Kier alpha value is -1.60. The predicted octanol–water partition coefficient (Wildman–Crippen LogP) is -0.713. The van der Waals surface area contributed by atoms with Crippen LogP contribution in [0.1, 0.15) is 10.4 Å². The number of primary sulfonamides is 1. The van der Waals surface area contributed by atoms with Crippen LogP contribution in [0.25, 0.3) is 0 Å². The van der Waals surface area contributed by atoms with E-state index in [1.165, 1.54) is 6.07 Å².